The minimum Gasteiger partial charge on any atom is -0.355 e. The van der Waals surface area contributed by atoms with Gasteiger partial charge in [-0.15, -0.1) is 0 Å². The maximum absolute atomic E-state index is 12.2. The molecule has 0 aliphatic carbocycles. The Balaban J connectivity index is 2.61. The fraction of sp³-hybridized carbons (Fsp3) is 0.438. The molecule has 2 N–H and O–H groups in total. The van der Waals surface area contributed by atoms with E-state index in [2.05, 4.69) is 10.6 Å². The van der Waals surface area contributed by atoms with Crippen LogP contribution in [0.2, 0.25) is 0 Å². The average Bonchev–Trinajstić information content (AvgIpc) is 2.46. The fourth-order valence-corrected chi connectivity index (χ4v) is 2.00. The van der Waals surface area contributed by atoms with Crippen LogP contribution in [0.1, 0.15) is 26.3 Å². The second kappa shape index (κ2) is 8.81. The summed E-state index contributed by atoms with van der Waals surface area (Å²) in [6, 6.07) is 7.10. The molecule has 22 heavy (non-hydrogen) atoms. The van der Waals surface area contributed by atoms with Crippen LogP contribution in [0.3, 0.4) is 0 Å². The zero-order chi connectivity index (χ0) is 16.5. The van der Waals surface area contributed by atoms with Crippen LogP contribution in [0.15, 0.2) is 24.3 Å². The van der Waals surface area contributed by atoms with Gasteiger partial charge in [0.25, 0.3) is 0 Å². The summed E-state index contributed by atoms with van der Waals surface area (Å²) < 4.78 is 0. The number of rotatable bonds is 7. The average molecular weight is 305 g/mol. The van der Waals surface area contributed by atoms with Crippen molar-refractivity contribution in [2.75, 3.05) is 25.0 Å². The summed E-state index contributed by atoms with van der Waals surface area (Å²) in [7, 11) is 0. The molecule has 1 rings (SSSR count). The molecule has 0 unspecified atom stereocenters. The van der Waals surface area contributed by atoms with Gasteiger partial charge in [-0.3, -0.25) is 14.4 Å². The third kappa shape index (κ3) is 5.95. The van der Waals surface area contributed by atoms with Crippen LogP contribution in [0.4, 0.5) is 5.69 Å². The Kier molecular flexibility index (Phi) is 7.08. The molecule has 0 saturated carbocycles. The van der Waals surface area contributed by atoms with Gasteiger partial charge >= 0.3 is 0 Å². The van der Waals surface area contributed by atoms with Gasteiger partial charge in [0.1, 0.15) is 0 Å². The van der Waals surface area contributed by atoms with Gasteiger partial charge < -0.3 is 15.5 Å². The van der Waals surface area contributed by atoms with Crippen LogP contribution in [0.5, 0.6) is 0 Å². The lowest BCUT2D eigenvalue weighted by Gasteiger charge is -2.20. The quantitative estimate of drug-likeness (QED) is 0.794. The van der Waals surface area contributed by atoms with Gasteiger partial charge in [0.05, 0.1) is 13.0 Å². The molecule has 1 aromatic carbocycles. The van der Waals surface area contributed by atoms with Gasteiger partial charge in [0, 0.05) is 25.7 Å². The van der Waals surface area contributed by atoms with Gasteiger partial charge in [0.2, 0.25) is 17.7 Å². The van der Waals surface area contributed by atoms with E-state index in [1.54, 1.807) is 24.3 Å². The predicted molar refractivity (Wildman–Crippen MR) is 85.4 cm³/mol. The van der Waals surface area contributed by atoms with Gasteiger partial charge in [0.15, 0.2) is 0 Å². The molecule has 0 aliphatic rings. The smallest absolute Gasteiger partial charge is 0.239 e. The molecule has 0 bridgehead atoms. The summed E-state index contributed by atoms with van der Waals surface area (Å²) in [5.74, 6) is -0.386. The predicted octanol–water partition coefficient (Wildman–Crippen LogP) is 1.17. The number of anilines is 1. The van der Waals surface area contributed by atoms with Crippen LogP contribution in [-0.2, 0) is 20.8 Å². The molecule has 6 nitrogen and oxygen atoms in total. The molecular formula is C16H23N3O3. The Morgan fingerprint density at radius 3 is 2.23 bits per heavy atom. The van der Waals surface area contributed by atoms with Crippen molar-refractivity contribution in [3.8, 4) is 0 Å². The lowest BCUT2D eigenvalue weighted by Crippen LogP contribution is -2.41. The van der Waals surface area contributed by atoms with Crippen LogP contribution in [0.25, 0.3) is 0 Å². The molecular weight excluding hydrogens is 282 g/mol. The summed E-state index contributed by atoms with van der Waals surface area (Å²) in [5.41, 5.74) is 1.53. The Morgan fingerprint density at radius 1 is 1.09 bits per heavy atom. The first-order valence-corrected chi connectivity index (χ1v) is 7.37. The molecule has 0 aromatic heterocycles. The zero-order valence-corrected chi connectivity index (χ0v) is 13.3. The largest absolute Gasteiger partial charge is 0.355 e. The molecule has 120 valence electrons. The van der Waals surface area contributed by atoms with E-state index < -0.39 is 0 Å². The lowest BCUT2D eigenvalue weighted by molar-refractivity contribution is -0.135. The van der Waals surface area contributed by atoms with Crippen molar-refractivity contribution in [3.05, 3.63) is 29.8 Å². The highest BCUT2D eigenvalue weighted by Crippen LogP contribution is 2.11. The molecule has 0 fully saturated rings. The van der Waals surface area contributed by atoms with E-state index >= 15 is 0 Å². The van der Waals surface area contributed by atoms with E-state index in [4.69, 9.17) is 0 Å². The van der Waals surface area contributed by atoms with Gasteiger partial charge in [-0.1, -0.05) is 12.1 Å². The van der Waals surface area contributed by atoms with Gasteiger partial charge in [-0.2, -0.15) is 0 Å². The Morgan fingerprint density at radius 2 is 1.73 bits per heavy atom. The van der Waals surface area contributed by atoms with Crippen LogP contribution >= 0.6 is 0 Å². The molecule has 0 heterocycles. The molecule has 1 aromatic rings. The molecule has 0 aliphatic heterocycles. The van der Waals surface area contributed by atoms with Crippen molar-refractivity contribution in [1.82, 2.24) is 10.2 Å². The standard InChI is InChI=1S/C16H23N3O3/c1-4-17-15(21)11-19(5-2)16(22)10-13-6-8-14(9-7-13)18-12(3)20/h6-9H,4-5,10-11H2,1-3H3,(H,17,21)(H,18,20). The fourth-order valence-electron chi connectivity index (χ4n) is 2.00. The number of likely N-dealkylation sites (N-methyl/N-ethyl adjacent to an activating group) is 2. The number of hydrogen-bond donors (Lipinski definition) is 2. The van der Waals surface area contributed by atoms with E-state index in [1.165, 1.54) is 11.8 Å². The van der Waals surface area contributed by atoms with Crippen molar-refractivity contribution in [3.63, 3.8) is 0 Å². The van der Waals surface area contributed by atoms with E-state index in [1.807, 2.05) is 13.8 Å². The van der Waals surface area contributed by atoms with Gasteiger partial charge in [-0.05, 0) is 31.5 Å². The van der Waals surface area contributed by atoms with E-state index in [9.17, 15) is 14.4 Å². The van der Waals surface area contributed by atoms with Crippen LogP contribution < -0.4 is 10.6 Å². The van der Waals surface area contributed by atoms with E-state index in [0.717, 1.165) is 5.56 Å². The highest BCUT2D eigenvalue weighted by atomic mass is 16.2. The molecule has 3 amide bonds. The highest BCUT2D eigenvalue weighted by molar-refractivity contribution is 5.89. The number of benzene rings is 1. The summed E-state index contributed by atoms with van der Waals surface area (Å²) >= 11 is 0. The molecule has 0 saturated heterocycles. The van der Waals surface area contributed by atoms with E-state index in [-0.39, 0.29) is 30.7 Å². The number of nitrogens with one attached hydrogen (secondary N) is 2. The first-order chi connectivity index (χ1) is 10.5. The van der Waals surface area contributed by atoms with Crippen molar-refractivity contribution in [2.45, 2.75) is 27.2 Å². The third-order valence-corrected chi connectivity index (χ3v) is 3.07. The Labute approximate surface area is 130 Å². The Hall–Kier alpha value is -2.37. The van der Waals surface area contributed by atoms with Crippen molar-refractivity contribution >= 4 is 23.4 Å². The lowest BCUT2D eigenvalue weighted by atomic mass is 10.1. The summed E-state index contributed by atoms with van der Waals surface area (Å²) in [6.45, 7) is 6.24. The SMILES string of the molecule is CCNC(=O)CN(CC)C(=O)Cc1ccc(NC(C)=O)cc1. The molecule has 0 atom stereocenters. The maximum atomic E-state index is 12.2. The number of nitrogens with zero attached hydrogens (tertiary/aromatic N) is 1. The van der Waals surface area contributed by atoms with Crippen molar-refractivity contribution in [1.29, 1.82) is 0 Å². The molecule has 0 radical (unpaired) electrons. The second-order valence-corrected chi connectivity index (χ2v) is 4.92. The first kappa shape index (κ1) is 17.7. The monoisotopic (exact) mass is 305 g/mol. The van der Waals surface area contributed by atoms with Crippen molar-refractivity contribution in [2.24, 2.45) is 0 Å². The normalized spacial score (nSPS) is 9.95. The van der Waals surface area contributed by atoms with Gasteiger partial charge in [-0.25, -0.2) is 0 Å². The summed E-state index contributed by atoms with van der Waals surface area (Å²) in [4.78, 5) is 36.3. The number of amides is 3. The molecule has 0 spiro atoms. The van der Waals surface area contributed by atoms with E-state index in [0.29, 0.717) is 18.8 Å². The summed E-state index contributed by atoms with van der Waals surface area (Å²) in [6.07, 6.45) is 0.230. The summed E-state index contributed by atoms with van der Waals surface area (Å²) in [5, 5.41) is 5.35. The minimum atomic E-state index is -0.154. The molecule has 6 heteroatoms. The first-order valence-electron chi connectivity index (χ1n) is 7.37. The Bertz CT molecular complexity index is 526. The number of carbonyl (C=O) groups excluding carboxylic acids is 3. The third-order valence-electron chi connectivity index (χ3n) is 3.07. The second-order valence-electron chi connectivity index (χ2n) is 4.92. The van der Waals surface area contributed by atoms with Crippen LogP contribution in [-0.4, -0.2) is 42.3 Å². The maximum Gasteiger partial charge on any atom is 0.239 e. The van der Waals surface area contributed by atoms with Crippen LogP contribution in [0, 0.1) is 0 Å². The number of hydrogen-bond acceptors (Lipinski definition) is 3. The zero-order valence-electron chi connectivity index (χ0n) is 13.3. The van der Waals surface area contributed by atoms with Crippen molar-refractivity contribution < 1.29 is 14.4 Å². The minimum absolute atomic E-state index is 0.0765. The highest BCUT2D eigenvalue weighted by Gasteiger charge is 2.15. The number of carbonyl (C=O) groups is 3. The topological polar surface area (TPSA) is 78.5 Å².